The topological polar surface area (TPSA) is 35.5 Å². The van der Waals surface area contributed by atoms with E-state index in [2.05, 4.69) is 27.4 Å². The van der Waals surface area contributed by atoms with Gasteiger partial charge in [-0.25, -0.2) is 0 Å². The van der Waals surface area contributed by atoms with Gasteiger partial charge < -0.3 is 9.47 Å². The quantitative estimate of drug-likeness (QED) is 0.380. The summed E-state index contributed by atoms with van der Waals surface area (Å²) in [7, 11) is 0. The number of hydrogen-bond donors (Lipinski definition) is 0. The smallest absolute Gasteiger partial charge is 0.309 e. The molecular weight excluding hydrogens is 204 g/mol. The van der Waals surface area contributed by atoms with Crippen LogP contribution in [0.25, 0.3) is 0 Å². The van der Waals surface area contributed by atoms with Crippen LogP contribution in [0, 0.1) is 11.3 Å². The third-order valence-corrected chi connectivity index (χ3v) is 3.16. The Morgan fingerprint density at radius 2 is 2.19 bits per heavy atom. The average Bonchev–Trinajstić information content (AvgIpc) is 2.70. The lowest BCUT2D eigenvalue weighted by Crippen LogP contribution is -2.10. The van der Waals surface area contributed by atoms with E-state index in [0.717, 1.165) is 13.0 Å². The van der Waals surface area contributed by atoms with E-state index in [1.54, 1.807) is 6.08 Å². The molecule has 1 aliphatic carbocycles. The molecular formula is C13H22O3. The van der Waals surface area contributed by atoms with E-state index in [1.165, 1.54) is 0 Å². The van der Waals surface area contributed by atoms with E-state index >= 15 is 0 Å². The second-order valence-corrected chi connectivity index (χ2v) is 4.91. The minimum atomic E-state index is -0.189. The summed E-state index contributed by atoms with van der Waals surface area (Å²) in [5.74, 6) is 0.152. The summed E-state index contributed by atoms with van der Waals surface area (Å²) in [5, 5.41) is 0. The zero-order chi connectivity index (χ0) is 12.2. The molecule has 0 saturated heterocycles. The SMILES string of the molecule is C=CCC(=O)OC1C(COCCC)C1(C)C. The molecule has 0 aromatic heterocycles. The van der Waals surface area contributed by atoms with E-state index in [-0.39, 0.29) is 23.9 Å². The summed E-state index contributed by atoms with van der Waals surface area (Å²) in [5.41, 5.74) is 0.0601. The number of ether oxygens (including phenoxy) is 2. The molecule has 3 nitrogen and oxygen atoms in total. The van der Waals surface area contributed by atoms with E-state index < -0.39 is 0 Å². The van der Waals surface area contributed by atoms with Gasteiger partial charge in [-0.2, -0.15) is 0 Å². The highest BCUT2D eigenvalue weighted by atomic mass is 16.6. The van der Waals surface area contributed by atoms with Crippen molar-refractivity contribution in [3.63, 3.8) is 0 Å². The van der Waals surface area contributed by atoms with E-state index in [4.69, 9.17) is 9.47 Å². The van der Waals surface area contributed by atoms with Gasteiger partial charge in [0.25, 0.3) is 0 Å². The highest BCUT2D eigenvalue weighted by Gasteiger charge is 2.60. The van der Waals surface area contributed by atoms with Gasteiger partial charge in [0.05, 0.1) is 13.0 Å². The first kappa shape index (κ1) is 13.2. The highest BCUT2D eigenvalue weighted by Crippen LogP contribution is 2.54. The maximum Gasteiger partial charge on any atom is 0.309 e. The molecule has 0 radical (unpaired) electrons. The van der Waals surface area contributed by atoms with Crippen LogP contribution in [0.1, 0.15) is 33.6 Å². The molecule has 0 aliphatic heterocycles. The lowest BCUT2D eigenvalue weighted by atomic mass is 10.1. The van der Waals surface area contributed by atoms with Crippen molar-refractivity contribution in [2.75, 3.05) is 13.2 Å². The fraction of sp³-hybridized carbons (Fsp3) is 0.769. The Balaban J connectivity index is 2.32. The molecule has 0 bridgehead atoms. The third kappa shape index (κ3) is 3.08. The van der Waals surface area contributed by atoms with Gasteiger partial charge in [0, 0.05) is 17.9 Å². The Kier molecular flexibility index (Phi) is 4.54. The molecule has 0 spiro atoms. The van der Waals surface area contributed by atoms with Crippen LogP contribution in [0.15, 0.2) is 12.7 Å². The number of carbonyl (C=O) groups excluding carboxylic acids is 1. The predicted octanol–water partition coefficient (Wildman–Crippen LogP) is 2.56. The van der Waals surface area contributed by atoms with Crippen molar-refractivity contribution in [3.8, 4) is 0 Å². The van der Waals surface area contributed by atoms with Gasteiger partial charge in [-0.3, -0.25) is 4.79 Å². The molecule has 2 unspecified atom stereocenters. The molecule has 0 N–H and O–H groups in total. The maximum atomic E-state index is 11.3. The molecule has 1 rings (SSSR count). The Morgan fingerprint density at radius 1 is 1.50 bits per heavy atom. The number of hydrogen-bond acceptors (Lipinski definition) is 3. The first-order chi connectivity index (χ1) is 7.54. The van der Waals surface area contributed by atoms with Gasteiger partial charge >= 0.3 is 5.97 Å². The largest absolute Gasteiger partial charge is 0.461 e. The molecule has 16 heavy (non-hydrogen) atoms. The van der Waals surface area contributed by atoms with Crippen LogP contribution in [0.4, 0.5) is 0 Å². The fourth-order valence-electron chi connectivity index (χ4n) is 1.89. The van der Waals surface area contributed by atoms with Crippen molar-refractivity contribution in [2.45, 2.75) is 39.7 Å². The number of rotatable bonds is 7. The standard InChI is InChI=1S/C13H22O3/c1-5-7-11(14)16-12-10(13(12,3)4)9-15-8-6-2/h5,10,12H,1,6-9H2,2-4H3. The van der Waals surface area contributed by atoms with Crippen LogP contribution in [-0.4, -0.2) is 25.3 Å². The molecule has 0 amide bonds. The first-order valence-electron chi connectivity index (χ1n) is 5.92. The van der Waals surface area contributed by atoms with Crippen LogP contribution < -0.4 is 0 Å². The van der Waals surface area contributed by atoms with Gasteiger partial charge in [-0.1, -0.05) is 26.8 Å². The van der Waals surface area contributed by atoms with Crippen LogP contribution in [-0.2, 0) is 14.3 Å². The minimum Gasteiger partial charge on any atom is -0.461 e. The van der Waals surface area contributed by atoms with Crippen molar-refractivity contribution in [1.29, 1.82) is 0 Å². The number of carbonyl (C=O) groups is 1. The normalized spacial score (nSPS) is 26.2. The van der Waals surface area contributed by atoms with Crippen LogP contribution in [0.5, 0.6) is 0 Å². The zero-order valence-corrected chi connectivity index (χ0v) is 10.5. The molecule has 1 aliphatic rings. The lowest BCUT2D eigenvalue weighted by Gasteiger charge is -2.03. The Labute approximate surface area is 97.8 Å². The van der Waals surface area contributed by atoms with Crippen LogP contribution in [0.2, 0.25) is 0 Å². The van der Waals surface area contributed by atoms with Gasteiger partial charge in [0.1, 0.15) is 6.10 Å². The second-order valence-electron chi connectivity index (χ2n) is 4.91. The Hall–Kier alpha value is -0.830. The average molecular weight is 226 g/mol. The maximum absolute atomic E-state index is 11.3. The van der Waals surface area contributed by atoms with Crippen molar-refractivity contribution < 1.29 is 14.3 Å². The summed E-state index contributed by atoms with van der Waals surface area (Å²) in [6.07, 6.45) is 2.89. The first-order valence-corrected chi connectivity index (χ1v) is 5.92. The summed E-state index contributed by atoms with van der Waals surface area (Å²) in [6.45, 7) is 11.3. The van der Waals surface area contributed by atoms with Crippen molar-refractivity contribution in [1.82, 2.24) is 0 Å². The summed E-state index contributed by atoms with van der Waals surface area (Å²) in [4.78, 5) is 11.3. The molecule has 2 atom stereocenters. The molecule has 0 heterocycles. The second kappa shape index (κ2) is 5.48. The number of esters is 1. The Bertz CT molecular complexity index is 258. The monoisotopic (exact) mass is 226 g/mol. The zero-order valence-electron chi connectivity index (χ0n) is 10.5. The molecule has 92 valence electrons. The van der Waals surface area contributed by atoms with E-state index in [1.807, 2.05) is 0 Å². The predicted molar refractivity (Wildman–Crippen MR) is 63.1 cm³/mol. The molecule has 0 aromatic rings. The highest BCUT2D eigenvalue weighted by molar-refractivity contribution is 5.71. The molecule has 0 aromatic carbocycles. The van der Waals surface area contributed by atoms with Crippen molar-refractivity contribution in [2.24, 2.45) is 11.3 Å². The molecule has 1 saturated carbocycles. The third-order valence-electron chi connectivity index (χ3n) is 3.16. The van der Waals surface area contributed by atoms with E-state index in [9.17, 15) is 4.79 Å². The van der Waals surface area contributed by atoms with Crippen molar-refractivity contribution >= 4 is 5.97 Å². The van der Waals surface area contributed by atoms with Gasteiger partial charge in [-0.15, -0.1) is 6.58 Å². The summed E-state index contributed by atoms with van der Waals surface area (Å²) in [6, 6.07) is 0. The lowest BCUT2D eigenvalue weighted by molar-refractivity contribution is -0.145. The van der Waals surface area contributed by atoms with Crippen LogP contribution >= 0.6 is 0 Å². The Morgan fingerprint density at radius 3 is 2.75 bits per heavy atom. The van der Waals surface area contributed by atoms with Gasteiger partial charge in [0.2, 0.25) is 0 Å². The molecule has 3 heteroatoms. The van der Waals surface area contributed by atoms with Gasteiger partial charge in [-0.05, 0) is 6.42 Å². The fourth-order valence-corrected chi connectivity index (χ4v) is 1.89. The minimum absolute atomic E-state index is 0.0109. The van der Waals surface area contributed by atoms with Crippen LogP contribution in [0.3, 0.4) is 0 Å². The van der Waals surface area contributed by atoms with E-state index in [0.29, 0.717) is 12.5 Å². The van der Waals surface area contributed by atoms with Gasteiger partial charge in [0.15, 0.2) is 0 Å². The van der Waals surface area contributed by atoms with Crippen molar-refractivity contribution in [3.05, 3.63) is 12.7 Å². The summed E-state index contributed by atoms with van der Waals surface area (Å²) < 4.78 is 10.9. The summed E-state index contributed by atoms with van der Waals surface area (Å²) >= 11 is 0. The molecule has 1 fully saturated rings.